The van der Waals surface area contributed by atoms with Gasteiger partial charge in [0, 0.05) is 41.4 Å². The van der Waals surface area contributed by atoms with Crippen LogP contribution in [0.1, 0.15) is 23.3 Å². The van der Waals surface area contributed by atoms with Crippen LogP contribution < -0.4 is 16.8 Å². The van der Waals surface area contributed by atoms with Crippen molar-refractivity contribution in [1.82, 2.24) is 15.3 Å². The Morgan fingerprint density at radius 3 is 2.29 bits per heavy atom. The molecule has 188 valence electrons. The van der Waals surface area contributed by atoms with Crippen molar-refractivity contribution in [3.63, 3.8) is 0 Å². The average molecular weight is 541 g/mol. The highest BCUT2D eigenvalue weighted by atomic mass is 35.5. The Balaban J connectivity index is 0.00000204. The third-order valence-corrected chi connectivity index (χ3v) is 5.48. The molecule has 6 nitrogen and oxygen atoms in total. The van der Waals surface area contributed by atoms with E-state index in [0.29, 0.717) is 18.8 Å². The van der Waals surface area contributed by atoms with Crippen molar-refractivity contribution >= 4 is 54.0 Å². The number of aromatic nitrogens is 2. The Kier molecular flexibility index (Phi) is 12.2. The Morgan fingerprint density at radius 1 is 0.971 bits per heavy atom. The first-order valence-electron chi connectivity index (χ1n) is 10.6. The summed E-state index contributed by atoms with van der Waals surface area (Å²) in [5, 5.41) is 3.85. The van der Waals surface area contributed by atoms with E-state index < -0.39 is 0 Å². The summed E-state index contributed by atoms with van der Waals surface area (Å²) in [6.07, 6.45) is 4.97. The van der Waals surface area contributed by atoms with Gasteiger partial charge in [0.2, 0.25) is 0 Å². The molecule has 0 aliphatic heterocycles. The Labute approximate surface area is 222 Å². The molecule has 0 radical (unpaired) electrons. The maximum absolute atomic E-state index is 13.3. The van der Waals surface area contributed by atoms with Gasteiger partial charge in [-0.1, -0.05) is 24.3 Å². The van der Waals surface area contributed by atoms with Crippen molar-refractivity contribution in [3.05, 3.63) is 78.5 Å². The zero-order valence-electron chi connectivity index (χ0n) is 18.9. The predicted octanol–water partition coefficient (Wildman–Crippen LogP) is 5.10. The van der Waals surface area contributed by atoms with Gasteiger partial charge in [-0.25, -0.2) is 4.39 Å². The summed E-state index contributed by atoms with van der Waals surface area (Å²) in [6, 6.07) is 15.9. The van der Waals surface area contributed by atoms with E-state index >= 15 is 0 Å². The minimum atomic E-state index is -0.279. The molecule has 1 unspecified atom stereocenters. The summed E-state index contributed by atoms with van der Waals surface area (Å²) >= 11 is 0. The number of nitrogens with two attached hydrogens (primary N) is 2. The second kappa shape index (κ2) is 14.0. The molecule has 4 aromatic rings. The smallest absolute Gasteiger partial charge is 0.268 e. The van der Waals surface area contributed by atoms with Crippen LogP contribution in [0.15, 0.2) is 67.0 Å². The molecule has 4 rings (SSSR count). The summed E-state index contributed by atoms with van der Waals surface area (Å²) in [4.78, 5) is 20.5. The molecule has 1 amide bonds. The van der Waals surface area contributed by atoms with E-state index in [1.54, 1.807) is 24.5 Å². The zero-order chi connectivity index (χ0) is 22.5. The van der Waals surface area contributed by atoms with Gasteiger partial charge in [-0.05, 0) is 66.4 Å². The molecule has 0 fully saturated rings. The molecule has 6 N–H and O–H groups in total. The fraction of sp³-hybridized carbons (Fsp3) is 0.200. The van der Waals surface area contributed by atoms with Crippen molar-refractivity contribution in [1.29, 1.82) is 0 Å². The number of carbonyl (C=O) groups is 1. The lowest BCUT2D eigenvalue weighted by molar-refractivity contribution is 0.0947. The summed E-state index contributed by atoms with van der Waals surface area (Å²) in [7, 11) is 0. The van der Waals surface area contributed by atoms with E-state index in [-0.39, 0.29) is 55.0 Å². The highest BCUT2D eigenvalue weighted by Gasteiger charge is 2.20. The van der Waals surface area contributed by atoms with Gasteiger partial charge in [0.25, 0.3) is 5.91 Å². The summed E-state index contributed by atoms with van der Waals surface area (Å²) < 4.78 is 13.3. The number of benzene rings is 2. The molecule has 2 heterocycles. The van der Waals surface area contributed by atoms with Crippen LogP contribution in [0.4, 0.5) is 4.39 Å². The van der Waals surface area contributed by atoms with Crippen LogP contribution >= 0.6 is 37.2 Å². The van der Waals surface area contributed by atoms with E-state index in [1.165, 1.54) is 12.1 Å². The van der Waals surface area contributed by atoms with E-state index in [4.69, 9.17) is 11.5 Å². The van der Waals surface area contributed by atoms with Gasteiger partial charge in [-0.15, -0.1) is 37.2 Å². The maximum atomic E-state index is 13.3. The van der Waals surface area contributed by atoms with E-state index in [0.717, 1.165) is 46.0 Å². The number of aromatic amines is 1. The van der Waals surface area contributed by atoms with Crippen LogP contribution in [0.2, 0.25) is 0 Å². The molecule has 2 aromatic carbocycles. The minimum Gasteiger partial charge on any atom is -0.350 e. The first-order chi connectivity index (χ1) is 15.6. The number of hydrogen-bond donors (Lipinski definition) is 4. The van der Waals surface area contributed by atoms with Gasteiger partial charge < -0.3 is 21.8 Å². The van der Waals surface area contributed by atoms with Gasteiger partial charge in [-0.3, -0.25) is 9.78 Å². The maximum Gasteiger partial charge on any atom is 0.268 e. The largest absolute Gasteiger partial charge is 0.350 e. The first kappa shape index (κ1) is 30.4. The second-order valence-corrected chi connectivity index (χ2v) is 7.78. The lowest BCUT2D eigenvalue weighted by Gasteiger charge is -2.12. The van der Waals surface area contributed by atoms with Crippen LogP contribution in [-0.4, -0.2) is 35.0 Å². The Hall–Kier alpha value is -2.68. The normalized spacial score (nSPS) is 11.1. The monoisotopic (exact) mass is 539 g/mol. The minimum absolute atomic E-state index is 0. The number of fused-ring (bicyclic) bond motifs is 1. The number of rotatable bonds is 8. The lowest BCUT2D eigenvalue weighted by atomic mass is 9.99. The van der Waals surface area contributed by atoms with Gasteiger partial charge in [0.15, 0.2) is 0 Å². The molecule has 0 saturated carbocycles. The number of amides is 1. The van der Waals surface area contributed by atoms with Crippen molar-refractivity contribution in [2.75, 3.05) is 13.1 Å². The first-order valence-corrected chi connectivity index (χ1v) is 10.6. The number of H-pyrrole nitrogens is 1. The molecular formula is C25H29Cl3FN5O. The van der Waals surface area contributed by atoms with Gasteiger partial charge >= 0.3 is 0 Å². The second-order valence-electron chi connectivity index (χ2n) is 7.78. The fourth-order valence-corrected chi connectivity index (χ4v) is 3.80. The highest BCUT2D eigenvalue weighted by Crippen LogP contribution is 2.34. The standard InChI is InChI=1S/C25H26FN5O.3ClH/c26-19-6-3-16(4-7-19)18-5-8-21-22(14-18)31-24(23(21)17-9-12-29-13-10-17)25(32)30-15-20(28)2-1-11-27;;;/h3-10,12-14,20,31H,1-2,11,15,27-28H2,(H,30,32);3*1H. The number of halogens is 4. The van der Waals surface area contributed by atoms with Crippen LogP contribution in [0.25, 0.3) is 33.2 Å². The van der Waals surface area contributed by atoms with Crippen molar-refractivity contribution < 1.29 is 9.18 Å². The van der Waals surface area contributed by atoms with Crippen LogP contribution in [0.5, 0.6) is 0 Å². The molecule has 2 aromatic heterocycles. The summed E-state index contributed by atoms with van der Waals surface area (Å²) in [5.41, 5.74) is 16.4. The number of hydrogen-bond acceptors (Lipinski definition) is 4. The highest BCUT2D eigenvalue weighted by molar-refractivity contribution is 6.10. The quantitative estimate of drug-likeness (QED) is 0.249. The third kappa shape index (κ3) is 7.16. The number of nitrogens with zero attached hydrogens (tertiary/aromatic N) is 1. The van der Waals surface area contributed by atoms with Gasteiger partial charge in [0.05, 0.1) is 0 Å². The van der Waals surface area contributed by atoms with Crippen molar-refractivity contribution in [3.8, 4) is 22.3 Å². The average Bonchev–Trinajstić information content (AvgIpc) is 3.21. The number of nitrogens with one attached hydrogen (secondary N) is 2. The summed E-state index contributed by atoms with van der Waals surface area (Å²) in [5.74, 6) is -0.502. The Morgan fingerprint density at radius 2 is 1.63 bits per heavy atom. The molecule has 1 atom stereocenters. The summed E-state index contributed by atoms with van der Waals surface area (Å²) in [6.45, 7) is 0.942. The van der Waals surface area contributed by atoms with Crippen LogP contribution in [0.3, 0.4) is 0 Å². The van der Waals surface area contributed by atoms with Gasteiger partial charge in [0.1, 0.15) is 11.5 Å². The van der Waals surface area contributed by atoms with Gasteiger partial charge in [-0.2, -0.15) is 0 Å². The number of carbonyl (C=O) groups excluding carboxylic acids is 1. The SMILES string of the molecule is Cl.Cl.Cl.NCCCC(N)CNC(=O)c1[nH]c2cc(-c3ccc(F)cc3)ccc2c1-c1ccncc1. The molecule has 10 heteroatoms. The van der Waals surface area contributed by atoms with E-state index in [9.17, 15) is 9.18 Å². The van der Waals surface area contributed by atoms with E-state index in [1.807, 2.05) is 30.3 Å². The topological polar surface area (TPSA) is 110 Å². The molecule has 0 bridgehead atoms. The molecule has 0 saturated heterocycles. The molecule has 0 spiro atoms. The molecule has 0 aliphatic carbocycles. The zero-order valence-corrected chi connectivity index (χ0v) is 21.3. The van der Waals surface area contributed by atoms with Crippen molar-refractivity contribution in [2.24, 2.45) is 11.5 Å². The molecule has 35 heavy (non-hydrogen) atoms. The Bertz CT molecular complexity index is 1220. The number of pyridine rings is 1. The molecular weight excluding hydrogens is 512 g/mol. The van der Waals surface area contributed by atoms with Crippen LogP contribution in [0, 0.1) is 5.82 Å². The third-order valence-electron chi connectivity index (χ3n) is 5.48. The van der Waals surface area contributed by atoms with Crippen LogP contribution in [-0.2, 0) is 0 Å². The van der Waals surface area contributed by atoms with Crippen molar-refractivity contribution in [2.45, 2.75) is 18.9 Å². The predicted molar refractivity (Wildman–Crippen MR) is 147 cm³/mol. The molecule has 0 aliphatic rings. The fourth-order valence-electron chi connectivity index (χ4n) is 3.80. The lowest BCUT2D eigenvalue weighted by Crippen LogP contribution is -2.37. The van der Waals surface area contributed by atoms with E-state index in [2.05, 4.69) is 15.3 Å².